The monoisotopic (exact) mass is 146 g/mol. The number of carbonyl (C=O) groups excluding carboxylic acids is 2. The number of hydrogen-bond acceptors (Lipinski definition) is 4. The standard InChI is InChI=1S/C4H6O4.Li.Na/c5-3(6)1-2-4(7)8;;/h1-2H2,(H,5,6)(H,7,8);;/q;2*+1/p-2. The molecule has 0 amide bonds. The number of carboxylic acid groups (broad SMARTS) is 2. The van der Waals surface area contributed by atoms with E-state index < -0.39 is 24.8 Å². The van der Waals surface area contributed by atoms with Gasteiger partial charge in [0, 0.05) is 11.9 Å². The topological polar surface area (TPSA) is 80.3 Å². The molecule has 0 N–H and O–H groups in total. The van der Waals surface area contributed by atoms with Crippen LogP contribution in [0.4, 0.5) is 0 Å². The Labute approximate surface area is 92.5 Å². The summed E-state index contributed by atoms with van der Waals surface area (Å²) in [6.45, 7) is 0. The molecule has 10 heavy (non-hydrogen) atoms. The normalized spacial score (nSPS) is 6.80. The van der Waals surface area contributed by atoms with Gasteiger partial charge in [0.1, 0.15) is 0 Å². The van der Waals surface area contributed by atoms with E-state index in [-0.39, 0.29) is 48.4 Å². The minimum Gasteiger partial charge on any atom is -0.550 e. The predicted molar refractivity (Wildman–Crippen MR) is 19.2 cm³/mol. The zero-order valence-corrected chi connectivity index (χ0v) is 8.05. The fraction of sp³-hybridized carbons (Fsp3) is 0.500. The van der Waals surface area contributed by atoms with Crippen molar-refractivity contribution in [2.75, 3.05) is 0 Å². The Morgan fingerprint density at radius 3 is 1.30 bits per heavy atom. The first-order valence-electron chi connectivity index (χ1n) is 2.02. The molecule has 0 aromatic heterocycles. The Morgan fingerprint density at radius 1 is 1.00 bits per heavy atom. The fourth-order valence-electron chi connectivity index (χ4n) is 0.204. The largest absolute Gasteiger partial charge is 1.00 e. The van der Waals surface area contributed by atoms with Crippen LogP contribution in [-0.2, 0) is 9.59 Å². The zero-order valence-electron chi connectivity index (χ0n) is 6.05. The van der Waals surface area contributed by atoms with Crippen molar-refractivity contribution >= 4 is 11.9 Å². The summed E-state index contributed by atoms with van der Waals surface area (Å²) in [5.41, 5.74) is 0. The average molecular weight is 146 g/mol. The average Bonchev–Trinajstić information content (AvgIpc) is 1.61. The van der Waals surface area contributed by atoms with Gasteiger partial charge in [-0.3, -0.25) is 0 Å². The Kier molecular flexibility index (Phi) is 16.1. The molecule has 0 aromatic rings. The first-order valence-corrected chi connectivity index (χ1v) is 2.02. The smallest absolute Gasteiger partial charge is 0.550 e. The quantitative estimate of drug-likeness (QED) is 0.370. The van der Waals surface area contributed by atoms with Crippen LogP contribution in [0, 0.1) is 0 Å². The molecule has 0 unspecified atom stereocenters. The Balaban J connectivity index is -0.000000245. The van der Waals surface area contributed by atoms with E-state index in [4.69, 9.17) is 0 Å². The van der Waals surface area contributed by atoms with Crippen molar-refractivity contribution in [1.82, 2.24) is 0 Å². The summed E-state index contributed by atoms with van der Waals surface area (Å²) in [5, 5.41) is 19.0. The summed E-state index contributed by atoms with van der Waals surface area (Å²) in [6.07, 6.45) is -0.940. The molecule has 0 radical (unpaired) electrons. The van der Waals surface area contributed by atoms with Crippen molar-refractivity contribution in [2.24, 2.45) is 0 Å². The molecule has 46 valence electrons. The molecule has 0 heterocycles. The summed E-state index contributed by atoms with van der Waals surface area (Å²) < 4.78 is 0. The van der Waals surface area contributed by atoms with Crippen LogP contribution in [0.1, 0.15) is 12.8 Å². The van der Waals surface area contributed by atoms with Gasteiger partial charge in [0.05, 0.1) is 0 Å². The molecule has 0 atom stereocenters. The maximum absolute atomic E-state index is 9.50. The van der Waals surface area contributed by atoms with Crippen molar-refractivity contribution in [2.45, 2.75) is 12.8 Å². The molecular weight excluding hydrogens is 142 g/mol. The van der Waals surface area contributed by atoms with Crippen LogP contribution in [0.2, 0.25) is 0 Å². The number of rotatable bonds is 3. The van der Waals surface area contributed by atoms with Crippen LogP contribution in [0.25, 0.3) is 0 Å². The molecule has 0 aliphatic heterocycles. The zero-order chi connectivity index (χ0) is 6.57. The second-order valence-electron chi connectivity index (χ2n) is 1.24. The van der Waals surface area contributed by atoms with Gasteiger partial charge < -0.3 is 19.8 Å². The van der Waals surface area contributed by atoms with Crippen molar-refractivity contribution in [3.05, 3.63) is 0 Å². The minimum atomic E-state index is -1.37. The molecule has 0 aromatic carbocycles. The van der Waals surface area contributed by atoms with Crippen molar-refractivity contribution < 1.29 is 68.2 Å². The van der Waals surface area contributed by atoms with Gasteiger partial charge >= 0.3 is 48.4 Å². The maximum atomic E-state index is 9.50. The van der Waals surface area contributed by atoms with E-state index in [0.29, 0.717) is 0 Å². The Bertz CT molecular complexity index is 102. The van der Waals surface area contributed by atoms with Gasteiger partial charge in [-0.15, -0.1) is 0 Å². The van der Waals surface area contributed by atoms with Crippen LogP contribution in [0.3, 0.4) is 0 Å². The van der Waals surface area contributed by atoms with Crippen molar-refractivity contribution in [1.29, 1.82) is 0 Å². The first kappa shape index (κ1) is 16.9. The third-order valence-electron chi connectivity index (χ3n) is 0.533. The van der Waals surface area contributed by atoms with Crippen LogP contribution in [0.15, 0.2) is 0 Å². The molecule has 0 fully saturated rings. The van der Waals surface area contributed by atoms with Gasteiger partial charge in [-0.2, -0.15) is 0 Å². The van der Waals surface area contributed by atoms with Crippen molar-refractivity contribution in [3.63, 3.8) is 0 Å². The molecule has 0 spiro atoms. The summed E-state index contributed by atoms with van der Waals surface area (Å²) >= 11 is 0. The molecule has 0 saturated carbocycles. The third kappa shape index (κ3) is 15.8. The molecular formula is C4H4LiNaO4. The number of hydrogen-bond donors (Lipinski definition) is 0. The molecule has 4 nitrogen and oxygen atoms in total. The number of aliphatic carboxylic acids is 2. The molecule has 0 saturated heterocycles. The summed E-state index contributed by atoms with van der Waals surface area (Å²) in [6, 6.07) is 0. The van der Waals surface area contributed by atoms with E-state index >= 15 is 0 Å². The van der Waals surface area contributed by atoms with E-state index in [9.17, 15) is 19.8 Å². The SMILES string of the molecule is O=C([O-])CCC(=O)[O-].[Li+].[Na+]. The van der Waals surface area contributed by atoms with Gasteiger partial charge in [-0.1, -0.05) is 0 Å². The van der Waals surface area contributed by atoms with Gasteiger partial charge in [0.15, 0.2) is 0 Å². The molecule has 0 aliphatic carbocycles. The minimum absolute atomic E-state index is 0. The van der Waals surface area contributed by atoms with Crippen LogP contribution in [0.5, 0.6) is 0 Å². The van der Waals surface area contributed by atoms with Gasteiger partial charge in [0.25, 0.3) is 0 Å². The van der Waals surface area contributed by atoms with E-state index in [0.717, 1.165) is 0 Å². The predicted octanol–water partition coefficient (Wildman–Crippen LogP) is -8.73. The van der Waals surface area contributed by atoms with E-state index in [1.165, 1.54) is 0 Å². The number of carbonyl (C=O) groups is 2. The second kappa shape index (κ2) is 9.54. The van der Waals surface area contributed by atoms with Crippen molar-refractivity contribution in [3.8, 4) is 0 Å². The second-order valence-corrected chi connectivity index (χ2v) is 1.24. The Hall–Kier alpha value is 0.537. The molecule has 0 bridgehead atoms. The molecule has 0 aliphatic rings. The Morgan fingerprint density at radius 2 is 1.20 bits per heavy atom. The number of carboxylic acids is 2. The van der Waals surface area contributed by atoms with Crippen LogP contribution < -0.4 is 58.6 Å². The summed E-state index contributed by atoms with van der Waals surface area (Å²) in [4.78, 5) is 19.0. The van der Waals surface area contributed by atoms with Gasteiger partial charge in [-0.05, 0) is 12.8 Å². The summed E-state index contributed by atoms with van der Waals surface area (Å²) in [5.74, 6) is -2.73. The molecule has 0 rings (SSSR count). The van der Waals surface area contributed by atoms with Crippen LogP contribution in [-0.4, -0.2) is 11.9 Å². The van der Waals surface area contributed by atoms with Gasteiger partial charge in [0.2, 0.25) is 0 Å². The van der Waals surface area contributed by atoms with E-state index in [1.54, 1.807) is 0 Å². The fourth-order valence-corrected chi connectivity index (χ4v) is 0.204. The third-order valence-corrected chi connectivity index (χ3v) is 0.533. The van der Waals surface area contributed by atoms with E-state index in [1.807, 2.05) is 0 Å². The summed E-state index contributed by atoms with van der Waals surface area (Å²) in [7, 11) is 0. The molecule has 6 heteroatoms. The maximum Gasteiger partial charge on any atom is 1.00 e. The first-order chi connectivity index (χ1) is 3.63. The van der Waals surface area contributed by atoms with Crippen LogP contribution >= 0.6 is 0 Å². The van der Waals surface area contributed by atoms with Gasteiger partial charge in [-0.25, -0.2) is 0 Å². The van der Waals surface area contributed by atoms with E-state index in [2.05, 4.69) is 0 Å².